The average Bonchev–Trinajstić information content (AvgIpc) is 2.51. The monoisotopic (exact) mass is 293 g/mol. The van der Waals surface area contributed by atoms with E-state index in [-0.39, 0.29) is 6.04 Å². The zero-order valence-corrected chi connectivity index (χ0v) is 11.4. The lowest BCUT2D eigenvalue weighted by atomic mass is 9.89. The number of rotatable bonds is 2. The van der Waals surface area contributed by atoms with E-state index in [0.717, 1.165) is 29.7 Å². The second kappa shape index (κ2) is 5.41. The average molecular weight is 293 g/mol. The summed E-state index contributed by atoms with van der Waals surface area (Å²) < 4.78 is 45.2. The molecule has 0 fully saturated rings. The Labute approximate surface area is 120 Å². The smallest absolute Gasteiger partial charge is 0.194 e. The van der Waals surface area contributed by atoms with Crippen molar-refractivity contribution in [3.05, 3.63) is 64.5 Å². The Morgan fingerprint density at radius 3 is 2.48 bits per heavy atom. The van der Waals surface area contributed by atoms with Gasteiger partial charge in [-0.25, -0.2) is 13.2 Å². The topological polar surface area (TPSA) is 21.3 Å². The first-order valence-electron chi connectivity index (χ1n) is 6.65. The summed E-state index contributed by atoms with van der Waals surface area (Å²) in [6.45, 7) is 0.685. The van der Waals surface area contributed by atoms with Crippen LogP contribution in [-0.4, -0.2) is 13.7 Å². The fourth-order valence-corrected chi connectivity index (χ4v) is 2.70. The summed E-state index contributed by atoms with van der Waals surface area (Å²) in [6.07, 6.45) is 0.821. The quantitative estimate of drug-likeness (QED) is 0.857. The Morgan fingerprint density at radius 1 is 1.10 bits per heavy atom. The van der Waals surface area contributed by atoms with Crippen molar-refractivity contribution in [2.45, 2.75) is 12.5 Å². The molecule has 1 aliphatic heterocycles. The van der Waals surface area contributed by atoms with Gasteiger partial charge in [-0.05, 0) is 47.4 Å². The molecule has 0 aromatic heterocycles. The van der Waals surface area contributed by atoms with Crippen LogP contribution in [-0.2, 0) is 6.42 Å². The van der Waals surface area contributed by atoms with Crippen molar-refractivity contribution < 1.29 is 17.9 Å². The maximum atomic E-state index is 13.4. The van der Waals surface area contributed by atoms with Gasteiger partial charge in [0.05, 0.1) is 13.2 Å². The van der Waals surface area contributed by atoms with Gasteiger partial charge >= 0.3 is 0 Å². The Bertz CT molecular complexity index is 664. The highest BCUT2D eigenvalue weighted by molar-refractivity contribution is 5.44. The summed E-state index contributed by atoms with van der Waals surface area (Å²) in [7, 11) is 1.56. The summed E-state index contributed by atoms with van der Waals surface area (Å²) >= 11 is 0. The molecule has 3 rings (SSSR count). The molecule has 110 valence electrons. The molecule has 0 radical (unpaired) electrons. The summed E-state index contributed by atoms with van der Waals surface area (Å²) in [6, 6.07) is 7.32. The number of halogens is 3. The van der Waals surface area contributed by atoms with Gasteiger partial charge in [0.2, 0.25) is 0 Å². The fraction of sp³-hybridized carbons (Fsp3) is 0.250. The van der Waals surface area contributed by atoms with Crippen molar-refractivity contribution in [3.63, 3.8) is 0 Å². The van der Waals surface area contributed by atoms with Crippen molar-refractivity contribution in [3.8, 4) is 5.75 Å². The highest BCUT2D eigenvalue weighted by Crippen LogP contribution is 2.32. The molecule has 0 saturated carbocycles. The summed E-state index contributed by atoms with van der Waals surface area (Å²) in [5.74, 6) is -3.13. The van der Waals surface area contributed by atoms with Crippen molar-refractivity contribution >= 4 is 0 Å². The van der Waals surface area contributed by atoms with Crippen molar-refractivity contribution in [1.82, 2.24) is 5.32 Å². The van der Waals surface area contributed by atoms with Gasteiger partial charge in [0.1, 0.15) is 5.75 Å². The number of methoxy groups -OCH3 is 1. The number of ether oxygens (including phenoxy) is 1. The first-order valence-corrected chi connectivity index (χ1v) is 6.65. The first kappa shape index (κ1) is 13.9. The minimum absolute atomic E-state index is 0.362. The Hall–Kier alpha value is -2.01. The van der Waals surface area contributed by atoms with Crippen molar-refractivity contribution in [1.29, 1.82) is 0 Å². The van der Waals surface area contributed by atoms with Crippen LogP contribution in [0, 0.1) is 17.5 Å². The normalized spacial score (nSPS) is 17.4. The third kappa shape index (κ3) is 2.49. The molecule has 1 atom stereocenters. The van der Waals surface area contributed by atoms with E-state index in [0.29, 0.717) is 17.9 Å². The second-order valence-electron chi connectivity index (χ2n) is 5.00. The molecule has 1 heterocycles. The van der Waals surface area contributed by atoms with Crippen LogP contribution in [0.5, 0.6) is 5.75 Å². The third-order valence-corrected chi connectivity index (χ3v) is 3.75. The molecular weight excluding hydrogens is 279 g/mol. The fourth-order valence-electron chi connectivity index (χ4n) is 2.70. The third-order valence-electron chi connectivity index (χ3n) is 3.75. The van der Waals surface area contributed by atoms with Crippen LogP contribution in [0.3, 0.4) is 0 Å². The van der Waals surface area contributed by atoms with Crippen molar-refractivity contribution in [2.24, 2.45) is 0 Å². The molecule has 2 aromatic carbocycles. The van der Waals surface area contributed by atoms with Crippen LogP contribution in [0.1, 0.15) is 22.7 Å². The SMILES string of the molecule is COc1ccc2c(c1)C(c1cc(F)c(F)c(F)c1)NCC2. The Balaban J connectivity index is 2.09. The highest BCUT2D eigenvalue weighted by atomic mass is 19.2. The van der Waals surface area contributed by atoms with Gasteiger partial charge in [-0.2, -0.15) is 0 Å². The second-order valence-corrected chi connectivity index (χ2v) is 5.00. The number of hydrogen-bond acceptors (Lipinski definition) is 2. The summed E-state index contributed by atoms with van der Waals surface area (Å²) in [5, 5.41) is 3.21. The largest absolute Gasteiger partial charge is 0.497 e. The highest BCUT2D eigenvalue weighted by Gasteiger charge is 2.24. The van der Waals surface area contributed by atoms with E-state index < -0.39 is 17.5 Å². The van der Waals surface area contributed by atoms with Crippen LogP contribution in [0.15, 0.2) is 30.3 Å². The number of hydrogen-bond donors (Lipinski definition) is 1. The maximum Gasteiger partial charge on any atom is 0.194 e. The lowest BCUT2D eigenvalue weighted by molar-refractivity contribution is 0.412. The van der Waals surface area contributed by atoms with E-state index in [1.54, 1.807) is 7.11 Å². The van der Waals surface area contributed by atoms with Gasteiger partial charge in [-0.1, -0.05) is 6.07 Å². The summed E-state index contributed by atoms with van der Waals surface area (Å²) in [5.41, 5.74) is 2.34. The number of fused-ring (bicyclic) bond motifs is 1. The maximum absolute atomic E-state index is 13.4. The minimum atomic E-state index is -1.44. The van der Waals surface area contributed by atoms with E-state index >= 15 is 0 Å². The number of benzene rings is 2. The zero-order valence-electron chi connectivity index (χ0n) is 11.4. The molecule has 0 bridgehead atoms. The molecule has 0 amide bonds. The zero-order chi connectivity index (χ0) is 15.0. The van der Waals surface area contributed by atoms with Gasteiger partial charge in [-0.3, -0.25) is 0 Å². The standard InChI is InChI=1S/C16H14F3NO/c1-21-11-3-2-9-4-5-20-16(12(9)8-11)10-6-13(17)15(19)14(18)7-10/h2-3,6-8,16,20H,4-5H2,1H3. The molecular formula is C16H14F3NO. The molecule has 1 aliphatic rings. The van der Waals surface area contributed by atoms with E-state index in [4.69, 9.17) is 4.74 Å². The molecule has 1 unspecified atom stereocenters. The van der Waals surface area contributed by atoms with Gasteiger partial charge < -0.3 is 10.1 Å². The molecule has 0 aliphatic carbocycles. The van der Waals surface area contributed by atoms with E-state index in [1.165, 1.54) is 0 Å². The molecule has 2 nitrogen and oxygen atoms in total. The molecule has 1 N–H and O–H groups in total. The van der Waals surface area contributed by atoms with Crippen LogP contribution >= 0.6 is 0 Å². The predicted octanol–water partition coefficient (Wildman–Crippen LogP) is 3.35. The molecule has 0 saturated heterocycles. The van der Waals surface area contributed by atoms with Gasteiger partial charge in [0.15, 0.2) is 17.5 Å². The van der Waals surface area contributed by atoms with E-state index in [9.17, 15) is 13.2 Å². The van der Waals surface area contributed by atoms with Gasteiger partial charge in [-0.15, -0.1) is 0 Å². The first-order chi connectivity index (χ1) is 10.1. The van der Waals surface area contributed by atoms with Crippen LogP contribution < -0.4 is 10.1 Å². The Kier molecular flexibility index (Phi) is 3.59. The van der Waals surface area contributed by atoms with Crippen molar-refractivity contribution in [2.75, 3.05) is 13.7 Å². The molecule has 5 heteroatoms. The van der Waals surface area contributed by atoms with Gasteiger partial charge in [0, 0.05) is 6.54 Å². The summed E-state index contributed by atoms with van der Waals surface area (Å²) in [4.78, 5) is 0. The van der Waals surface area contributed by atoms with Crippen LogP contribution in [0.25, 0.3) is 0 Å². The lowest BCUT2D eigenvalue weighted by Gasteiger charge is -2.28. The molecule has 0 spiro atoms. The predicted molar refractivity (Wildman–Crippen MR) is 72.9 cm³/mol. The molecule has 2 aromatic rings. The van der Waals surface area contributed by atoms with E-state index in [1.807, 2.05) is 18.2 Å². The van der Waals surface area contributed by atoms with E-state index in [2.05, 4.69) is 5.32 Å². The molecule has 21 heavy (non-hydrogen) atoms. The van der Waals surface area contributed by atoms with Crippen LogP contribution in [0.4, 0.5) is 13.2 Å². The number of nitrogens with one attached hydrogen (secondary N) is 1. The minimum Gasteiger partial charge on any atom is -0.497 e. The van der Waals surface area contributed by atoms with Crippen LogP contribution in [0.2, 0.25) is 0 Å². The lowest BCUT2D eigenvalue weighted by Crippen LogP contribution is -2.30. The van der Waals surface area contributed by atoms with Gasteiger partial charge in [0.25, 0.3) is 0 Å². The Morgan fingerprint density at radius 2 is 1.81 bits per heavy atom.